The summed E-state index contributed by atoms with van der Waals surface area (Å²) >= 11 is 0. The lowest BCUT2D eigenvalue weighted by Crippen LogP contribution is -2.04. The van der Waals surface area contributed by atoms with E-state index in [9.17, 15) is 0 Å². The van der Waals surface area contributed by atoms with E-state index in [1.807, 2.05) is 18.2 Å². The number of fused-ring (bicyclic) bond motifs is 1. The number of aromatic amines is 1. The van der Waals surface area contributed by atoms with Gasteiger partial charge in [-0.2, -0.15) is 0 Å². The Bertz CT molecular complexity index is 794. The Kier molecular flexibility index (Phi) is 5.39. The first-order valence-corrected chi connectivity index (χ1v) is 8.56. The predicted molar refractivity (Wildman–Crippen MR) is 100 cm³/mol. The van der Waals surface area contributed by atoms with Crippen molar-refractivity contribution in [2.45, 2.75) is 32.9 Å². The van der Waals surface area contributed by atoms with Gasteiger partial charge in [-0.25, -0.2) is 0 Å². The molecule has 126 valence electrons. The molecule has 3 aromatic rings. The van der Waals surface area contributed by atoms with Crippen LogP contribution in [0.4, 0.5) is 5.69 Å². The van der Waals surface area contributed by atoms with Gasteiger partial charge in [-0.1, -0.05) is 37.6 Å². The van der Waals surface area contributed by atoms with Crippen LogP contribution in [0.1, 0.15) is 31.0 Å². The molecule has 1 aromatic heterocycles. The number of para-hydroxylation sites is 1. The first-order chi connectivity index (χ1) is 11.8. The molecule has 3 rings (SSSR count). The molecule has 0 aliphatic rings. The molecule has 0 fully saturated rings. The molecule has 0 saturated carbocycles. The van der Waals surface area contributed by atoms with Gasteiger partial charge in [0.2, 0.25) is 0 Å². The maximum absolute atomic E-state index is 5.89. The quantitative estimate of drug-likeness (QED) is 0.538. The summed E-state index contributed by atoms with van der Waals surface area (Å²) < 4.78 is 5.89. The van der Waals surface area contributed by atoms with Gasteiger partial charge in [-0.3, -0.25) is 0 Å². The van der Waals surface area contributed by atoms with Crippen molar-refractivity contribution in [2.24, 2.45) is 5.73 Å². The predicted octanol–water partition coefficient (Wildman–Crippen LogP) is 4.42. The van der Waals surface area contributed by atoms with Crippen LogP contribution in [0.5, 0.6) is 5.75 Å². The van der Waals surface area contributed by atoms with Crippen LogP contribution in [-0.2, 0) is 13.1 Å². The first kappa shape index (κ1) is 16.4. The summed E-state index contributed by atoms with van der Waals surface area (Å²) in [5.41, 5.74) is 10.1. The van der Waals surface area contributed by atoms with Gasteiger partial charge in [0.25, 0.3) is 0 Å². The fraction of sp³-hybridized carbons (Fsp3) is 0.300. The van der Waals surface area contributed by atoms with Crippen molar-refractivity contribution in [3.8, 4) is 5.75 Å². The zero-order valence-corrected chi connectivity index (χ0v) is 14.1. The lowest BCUT2D eigenvalue weighted by Gasteiger charge is -2.12. The molecule has 4 heteroatoms. The van der Waals surface area contributed by atoms with E-state index in [0.29, 0.717) is 6.54 Å². The van der Waals surface area contributed by atoms with Crippen molar-refractivity contribution in [2.75, 3.05) is 11.9 Å². The van der Waals surface area contributed by atoms with Gasteiger partial charge in [0.1, 0.15) is 5.75 Å². The second kappa shape index (κ2) is 7.88. The monoisotopic (exact) mass is 323 g/mol. The molecule has 0 unspecified atom stereocenters. The van der Waals surface area contributed by atoms with Crippen molar-refractivity contribution in [3.05, 3.63) is 59.8 Å². The van der Waals surface area contributed by atoms with E-state index in [-0.39, 0.29) is 0 Å². The summed E-state index contributed by atoms with van der Waals surface area (Å²) in [6.45, 7) is 4.20. The van der Waals surface area contributed by atoms with E-state index in [0.717, 1.165) is 48.6 Å². The maximum Gasteiger partial charge on any atom is 0.124 e. The number of rotatable bonds is 8. The van der Waals surface area contributed by atoms with Gasteiger partial charge in [0.15, 0.2) is 0 Å². The summed E-state index contributed by atoms with van der Waals surface area (Å²) in [6, 6.07) is 16.6. The highest BCUT2D eigenvalue weighted by atomic mass is 16.5. The third-order valence-corrected chi connectivity index (χ3v) is 4.11. The molecular weight excluding hydrogens is 298 g/mol. The van der Waals surface area contributed by atoms with Crippen LogP contribution >= 0.6 is 0 Å². The van der Waals surface area contributed by atoms with Gasteiger partial charge in [-0.15, -0.1) is 0 Å². The molecule has 2 aromatic carbocycles. The van der Waals surface area contributed by atoms with Crippen LogP contribution < -0.4 is 15.8 Å². The summed E-state index contributed by atoms with van der Waals surface area (Å²) in [5.74, 6) is 0.963. The van der Waals surface area contributed by atoms with Gasteiger partial charge < -0.3 is 20.8 Å². The fourth-order valence-electron chi connectivity index (χ4n) is 2.72. The highest BCUT2D eigenvalue weighted by Gasteiger charge is 2.04. The Hall–Kier alpha value is -2.46. The Labute approximate surface area is 143 Å². The molecule has 4 N–H and O–H groups in total. The van der Waals surface area contributed by atoms with Crippen molar-refractivity contribution < 1.29 is 4.74 Å². The second-order valence-corrected chi connectivity index (χ2v) is 5.96. The zero-order valence-electron chi connectivity index (χ0n) is 14.1. The second-order valence-electron chi connectivity index (χ2n) is 5.96. The number of hydrogen-bond acceptors (Lipinski definition) is 3. The van der Waals surface area contributed by atoms with Crippen LogP contribution in [-0.4, -0.2) is 11.6 Å². The lowest BCUT2D eigenvalue weighted by atomic mass is 10.2. The largest absolute Gasteiger partial charge is 0.493 e. The summed E-state index contributed by atoms with van der Waals surface area (Å²) in [7, 11) is 0. The van der Waals surface area contributed by atoms with Gasteiger partial charge in [0.05, 0.1) is 6.61 Å². The number of hydrogen-bond donors (Lipinski definition) is 3. The van der Waals surface area contributed by atoms with Crippen molar-refractivity contribution >= 4 is 16.6 Å². The van der Waals surface area contributed by atoms with E-state index in [1.54, 1.807) is 0 Å². The standard InChI is InChI=1S/C20H25N3O/c1-2-3-10-24-20-7-5-4-6-16(20)14-22-17-9-8-15-11-18(13-21)23-19(15)12-17/h4-9,11-12,22-23H,2-3,10,13-14,21H2,1H3. The zero-order chi connectivity index (χ0) is 16.8. The number of nitrogens with two attached hydrogens (primary N) is 1. The minimum absolute atomic E-state index is 0.528. The van der Waals surface area contributed by atoms with Gasteiger partial charge in [0, 0.05) is 35.6 Å². The number of anilines is 1. The van der Waals surface area contributed by atoms with Crippen LogP contribution in [0.15, 0.2) is 48.5 Å². The average molecular weight is 323 g/mol. The number of aromatic nitrogens is 1. The van der Waals surface area contributed by atoms with E-state index >= 15 is 0 Å². The molecule has 0 saturated heterocycles. The Morgan fingerprint density at radius 2 is 2.00 bits per heavy atom. The molecule has 0 aliphatic carbocycles. The van der Waals surface area contributed by atoms with Crippen LogP contribution in [0.25, 0.3) is 10.9 Å². The van der Waals surface area contributed by atoms with Crippen molar-refractivity contribution in [3.63, 3.8) is 0 Å². The number of benzene rings is 2. The highest BCUT2D eigenvalue weighted by Crippen LogP contribution is 2.23. The molecule has 0 aliphatic heterocycles. The summed E-state index contributed by atoms with van der Waals surface area (Å²) in [5, 5.41) is 4.66. The van der Waals surface area contributed by atoms with Crippen molar-refractivity contribution in [1.29, 1.82) is 0 Å². The molecular formula is C20H25N3O. The highest BCUT2D eigenvalue weighted by molar-refractivity contribution is 5.83. The number of nitrogens with one attached hydrogen (secondary N) is 2. The fourth-order valence-corrected chi connectivity index (χ4v) is 2.72. The van der Waals surface area contributed by atoms with Crippen molar-refractivity contribution in [1.82, 2.24) is 4.98 Å². The molecule has 1 heterocycles. The molecule has 0 spiro atoms. The Balaban J connectivity index is 1.69. The smallest absolute Gasteiger partial charge is 0.124 e. The minimum atomic E-state index is 0.528. The lowest BCUT2D eigenvalue weighted by molar-refractivity contribution is 0.306. The molecule has 4 nitrogen and oxygen atoms in total. The molecule has 0 radical (unpaired) electrons. The van der Waals surface area contributed by atoms with Crippen LogP contribution in [0.2, 0.25) is 0 Å². The van der Waals surface area contributed by atoms with E-state index in [1.165, 1.54) is 10.9 Å². The summed E-state index contributed by atoms with van der Waals surface area (Å²) in [6.07, 6.45) is 2.22. The minimum Gasteiger partial charge on any atom is -0.493 e. The maximum atomic E-state index is 5.89. The third kappa shape index (κ3) is 3.89. The number of ether oxygens (including phenoxy) is 1. The normalized spacial score (nSPS) is 10.9. The molecule has 0 bridgehead atoms. The Morgan fingerprint density at radius 3 is 2.83 bits per heavy atom. The summed E-state index contributed by atoms with van der Waals surface area (Å²) in [4.78, 5) is 3.34. The van der Waals surface area contributed by atoms with E-state index in [4.69, 9.17) is 10.5 Å². The molecule has 0 atom stereocenters. The first-order valence-electron chi connectivity index (χ1n) is 8.56. The third-order valence-electron chi connectivity index (χ3n) is 4.11. The van der Waals surface area contributed by atoms with Gasteiger partial charge >= 0.3 is 0 Å². The van der Waals surface area contributed by atoms with E-state index < -0.39 is 0 Å². The van der Waals surface area contributed by atoms with Crippen LogP contribution in [0, 0.1) is 0 Å². The molecule has 24 heavy (non-hydrogen) atoms. The van der Waals surface area contributed by atoms with Gasteiger partial charge in [-0.05, 0) is 36.1 Å². The average Bonchev–Trinajstić information content (AvgIpc) is 3.03. The van der Waals surface area contributed by atoms with E-state index in [2.05, 4.69) is 47.6 Å². The van der Waals surface area contributed by atoms with Crippen LogP contribution in [0.3, 0.4) is 0 Å². The number of H-pyrrole nitrogens is 1. The SMILES string of the molecule is CCCCOc1ccccc1CNc1ccc2cc(CN)[nH]c2c1. The number of unbranched alkanes of at least 4 members (excludes halogenated alkanes) is 1. The Morgan fingerprint density at radius 1 is 1.12 bits per heavy atom. The molecule has 0 amide bonds. The topological polar surface area (TPSA) is 63.1 Å².